The fourth-order valence-corrected chi connectivity index (χ4v) is 1.71. The molecule has 0 spiro atoms. The normalized spacial score (nSPS) is 10.8. The highest BCUT2D eigenvalue weighted by Crippen LogP contribution is 2.29. The number of hydrogen-bond donors (Lipinski definition) is 1. The first-order chi connectivity index (χ1) is 9.16. The van der Waals surface area contributed by atoms with Crippen LogP contribution in [0.15, 0.2) is 37.9 Å². The summed E-state index contributed by atoms with van der Waals surface area (Å²) in [5.74, 6) is -0.194. The van der Waals surface area contributed by atoms with Crippen LogP contribution in [0.3, 0.4) is 0 Å². The van der Waals surface area contributed by atoms with Crippen molar-refractivity contribution >= 4 is 5.97 Å². The van der Waals surface area contributed by atoms with Crippen LogP contribution in [-0.2, 0) is 0 Å². The van der Waals surface area contributed by atoms with Crippen molar-refractivity contribution in [1.29, 1.82) is 0 Å². The number of carbonyl (C=O) groups is 1. The Bertz CT molecular complexity index is 723. The van der Waals surface area contributed by atoms with Crippen molar-refractivity contribution in [3.8, 4) is 23.0 Å². The highest BCUT2D eigenvalue weighted by Gasteiger charge is 2.24. The van der Waals surface area contributed by atoms with Crippen LogP contribution in [0.2, 0.25) is 0 Å². The van der Waals surface area contributed by atoms with E-state index < -0.39 is 5.97 Å². The summed E-state index contributed by atoms with van der Waals surface area (Å²) in [6.45, 7) is 1.55. The molecule has 3 aromatic heterocycles. The maximum absolute atomic E-state index is 11.1. The molecule has 0 saturated carbocycles. The molecular formula is C12H8N2O5. The van der Waals surface area contributed by atoms with E-state index in [2.05, 4.69) is 10.3 Å². The highest BCUT2D eigenvalue weighted by molar-refractivity contribution is 5.95. The molecule has 96 valence electrons. The largest absolute Gasteiger partial charge is 0.477 e. The molecule has 0 aliphatic rings. The molecule has 3 aromatic rings. The Morgan fingerprint density at radius 2 is 2.11 bits per heavy atom. The third-order valence-corrected chi connectivity index (χ3v) is 2.58. The molecule has 0 amide bonds. The number of aromatic nitrogens is 2. The van der Waals surface area contributed by atoms with E-state index in [0.717, 1.165) is 0 Å². The number of carboxylic acids is 1. The molecular weight excluding hydrogens is 252 g/mol. The molecule has 0 unspecified atom stereocenters. The molecule has 0 atom stereocenters. The Hall–Kier alpha value is -2.83. The standard InChI is InChI=1S/C12H8N2O5/c1-6-10(12(15)16)11(19-13-6)7-5-9(18-14-7)8-3-2-4-17-8/h2-5H,1H3,(H,15,16). The van der Waals surface area contributed by atoms with Crippen LogP contribution in [0.5, 0.6) is 0 Å². The summed E-state index contributed by atoms with van der Waals surface area (Å²) in [5, 5.41) is 16.5. The smallest absolute Gasteiger partial charge is 0.341 e. The summed E-state index contributed by atoms with van der Waals surface area (Å²) in [6, 6.07) is 4.94. The van der Waals surface area contributed by atoms with Crippen LogP contribution < -0.4 is 0 Å². The fourth-order valence-electron chi connectivity index (χ4n) is 1.71. The van der Waals surface area contributed by atoms with Gasteiger partial charge in [-0.3, -0.25) is 0 Å². The Morgan fingerprint density at radius 3 is 2.79 bits per heavy atom. The molecule has 7 heteroatoms. The Balaban J connectivity index is 2.07. The Labute approximate surface area is 106 Å². The number of rotatable bonds is 3. The predicted molar refractivity (Wildman–Crippen MR) is 61.4 cm³/mol. The number of nitrogens with zero attached hydrogens (tertiary/aromatic N) is 2. The minimum Gasteiger partial charge on any atom is -0.477 e. The lowest BCUT2D eigenvalue weighted by Crippen LogP contribution is -1.99. The molecule has 0 aromatic carbocycles. The average molecular weight is 260 g/mol. The van der Waals surface area contributed by atoms with Gasteiger partial charge < -0.3 is 18.6 Å². The number of hydrogen-bond acceptors (Lipinski definition) is 6. The van der Waals surface area contributed by atoms with Crippen molar-refractivity contribution in [3.05, 3.63) is 35.7 Å². The molecule has 0 aliphatic carbocycles. The van der Waals surface area contributed by atoms with Gasteiger partial charge in [-0.2, -0.15) is 0 Å². The number of aromatic carboxylic acids is 1. The second-order valence-corrected chi connectivity index (χ2v) is 3.83. The zero-order valence-corrected chi connectivity index (χ0v) is 9.78. The second-order valence-electron chi connectivity index (χ2n) is 3.83. The summed E-state index contributed by atoms with van der Waals surface area (Å²) < 4.78 is 15.2. The monoisotopic (exact) mass is 260 g/mol. The van der Waals surface area contributed by atoms with Crippen LogP contribution >= 0.6 is 0 Å². The summed E-state index contributed by atoms with van der Waals surface area (Å²) in [4.78, 5) is 11.1. The topological polar surface area (TPSA) is 103 Å². The van der Waals surface area contributed by atoms with Gasteiger partial charge in [0.25, 0.3) is 0 Å². The zero-order chi connectivity index (χ0) is 13.4. The zero-order valence-electron chi connectivity index (χ0n) is 9.78. The van der Waals surface area contributed by atoms with Crippen molar-refractivity contribution < 1.29 is 23.4 Å². The van der Waals surface area contributed by atoms with Crippen LogP contribution in [0, 0.1) is 6.92 Å². The summed E-state index contributed by atoms with van der Waals surface area (Å²) in [6.07, 6.45) is 1.50. The van der Waals surface area contributed by atoms with E-state index in [1.54, 1.807) is 19.1 Å². The molecule has 19 heavy (non-hydrogen) atoms. The van der Waals surface area contributed by atoms with Gasteiger partial charge in [0.2, 0.25) is 11.5 Å². The molecule has 1 N–H and O–H groups in total. The highest BCUT2D eigenvalue weighted by atomic mass is 16.5. The van der Waals surface area contributed by atoms with Crippen molar-refractivity contribution in [2.75, 3.05) is 0 Å². The number of carboxylic acid groups (broad SMARTS) is 1. The van der Waals surface area contributed by atoms with E-state index in [0.29, 0.717) is 11.5 Å². The van der Waals surface area contributed by atoms with E-state index in [4.69, 9.17) is 18.6 Å². The van der Waals surface area contributed by atoms with E-state index in [1.807, 2.05) is 0 Å². The molecule has 0 bridgehead atoms. The first-order valence-electron chi connectivity index (χ1n) is 5.37. The average Bonchev–Trinajstić information content (AvgIpc) is 3.07. The third-order valence-electron chi connectivity index (χ3n) is 2.58. The van der Waals surface area contributed by atoms with Gasteiger partial charge in [-0.05, 0) is 19.1 Å². The first-order valence-corrected chi connectivity index (χ1v) is 5.37. The van der Waals surface area contributed by atoms with Crippen molar-refractivity contribution in [3.63, 3.8) is 0 Å². The lowest BCUT2D eigenvalue weighted by molar-refractivity contribution is 0.0696. The van der Waals surface area contributed by atoms with Crippen LogP contribution in [0.1, 0.15) is 16.1 Å². The predicted octanol–water partition coefficient (Wildman–Crippen LogP) is 2.60. The maximum Gasteiger partial charge on any atom is 0.341 e. The van der Waals surface area contributed by atoms with E-state index in [-0.39, 0.29) is 22.7 Å². The van der Waals surface area contributed by atoms with Crippen molar-refractivity contribution in [2.45, 2.75) is 6.92 Å². The van der Waals surface area contributed by atoms with Crippen LogP contribution in [0.4, 0.5) is 0 Å². The second kappa shape index (κ2) is 4.13. The van der Waals surface area contributed by atoms with Gasteiger partial charge in [0, 0.05) is 6.07 Å². The quantitative estimate of drug-likeness (QED) is 0.771. The Morgan fingerprint density at radius 1 is 1.26 bits per heavy atom. The van der Waals surface area contributed by atoms with Gasteiger partial charge in [-0.1, -0.05) is 10.3 Å². The number of furan rings is 1. The number of aryl methyl sites for hydroxylation is 1. The van der Waals surface area contributed by atoms with Crippen molar-refractivity contribution in [1.82, 2.24) is 10.3 Å². The van der Waals surface area contributed by atoms with E-state index in [9.17, 15) is 4.79 Å². The van der Waals surface area contributed by atoms with Crippen molar-refractivity contribution in [2.24, 2.45) is 0 Å². The summed E-state index contributed by atoms with van der Waals surface area (Å²) in [7, 11) is 0. The Kier molecular flexibility index (Phi) is 2.45. The van der Waals surface area contributed by atoms with Gasteiger partial charge in [-0.15, -0.1) is 0 Å². The molecule has 0 radical (unpaired) electrons. The van der Waals surface area contributed by atoms with Gasteiger partial charge in [0.1, 0.15) is 5.56 Å². The minimum atomic E-state index is -1.13. The van der Waals surface area contributed by atoms with Gasteiger partial charge in [0.05, 0.1) is 12.0 Å². The van der Waals surface area contributed by atoms with Crippen LogP contribution in [0.25, 0.3) is 23.0 Å². The molecule has 0 aliphatic heterocycles. The fraction of sp³-hybridized carbons (Fsp3) is 0.0833. The third kappa shape index (κ3) is 1.81. The summed E-state index contributed by atoms with van der Waals surface area (Å²) in [5.41, 5.74) is 0.508. The first kappa shape index (κ1) is 11.3. The molecule has 0 fully saturated rings. The molecule has 7 nitrogen and oxygen atoms in total. The van der Waals surface area contributed by atoms with Crippen LogP contribution in [-0.4, -0.2) is 21.4 Å². The molecule has 3 rings (SSSR count). The van der Waals surface area contributed by atoms with Gasteiger partial charge in [-0.25, -0.2) is 4.79 Å². The van der Waals surface area contributed by atoms with E-state index in [1.165, 1.54) is 12.3 Å². The van der Waals surface area contributed by atoms with E-state index >= 15 is 0 Å². The van der Waals surface area contributed by atoms with Gasteiger partial charge >= 0.3 is 5.97 Å². The minimum absolute atomic E-state index is 0.0284. The lowest BCUT2D eigenvalue weighted by atomic mass is 10.1. The molecule has 3 heterocycles. The SMILES string of the molecule is Cc1noc(-c2cc(-c3ccco3)on2)c1C(=O)O. The van der Waals surface area contributed by atoms with Gasteiger partial charge in [0.15, 0.2) is 11.5 Å². The lowest BCUT2D eigenvalue weighted by Gasteiger charge is -1.91. The molecule has 0 saturated heterocycles. The maximum atomic E-state index is 11.1. The summed E-state index contributed by atoms with van der Waals surface area (Å²) >= 11 is 0.